The Morgan fingerprint density at radius 3 is 2.75 bits per heavy atom. The zero-order chi connectivity index (χ0) is 17.3. The van der Waals surface area contributed by atoms with E-state index in [9.17, 15) is 13.6 Å². The van der Waals surface area contributed by atoms with E-state index in [4.69, 9.17) is 5.11 Å². The summed E-state index contributed by atoms with van der Waals surface area (Å²) in [5.41, 5.74) is 0.916. The first-order chi connectivity index (χ1) is 11.4. The van der Waals surface area contributed by atoms with Crippen LogP contribution in [0.5, 0.6) is 0 Å². The molecule has 1 amide bonds. The molecule has 1 atom stereocenters. The van der Waals surface area contributed by atoms with Crippen molar-refractivity contribution in [3.63, 3.8) is 0 Å². The molecule has 8 heteroatoms. The van der Waals surface area contributed by atoms with E-state index in [-0.39, 0.29) is 24.7 Å². The summed E-state index contributed by atoms with van der Waals surface area (Å²) < 4.78 is 29.1. The van der Waals surface area contributed by atoms with Crippen molar-refractivity contribution >= 4 is 5.91 Å². The first-order valence-electron chi connectivity index (χ1n) is 8.60. The number of piperidine rings is 1. The Morgan fingerprint density at radius 2 is 2.08 bits per heavy atom. The van der Waals surface area contributed by atoms with Gasteiger partial charge in [-0.15, -0.1) is 5.10 Å². The van der Waals surface area contributed by atoms with E-state index in [1.54, 1.807) is 11.6 Å². The van der Waals surface area contributed by atoms with Gasteiger partial charge in [0.15, 0.2) is 5.69 Å². The highest BCUT2D eigenvalue weighted by molar-refractivity contribution is 5.93. The fourth-order valence-corrected chi connectivity index (χ4v) is 3.67. The maximum absolute atomic E-state index is 13.7. The number of nitrogens with zero attached hydrogens (tertiary/aromatic N) is 4. The second-order valence-corrected chi connectivity index (χ2v) is 7.00. The van der Waals surface area contributed by atoms with Crippen LogP contribution in [0, 0.1) is 18.8 Å². The Balaban J connectivity index is 1.70. The lowest BCUT2D eigenvalue weighted by molar-refractivity contribution is -0.113. The highest BCUT2D eigenvalue weighted by atomic mass is 19.3. The van der Waals surface area contributed by atoms with Crippen molar-refractivity contribution in [2.45, 2.75) is 51.5 Å². The van der Waals surface area contributed by atoms with Crippen LogP contribution in [0.1, 0.15) is 48.3 Å². The molecule has 0 spiro atoms. The number of aromatic nitrogens is 3. The van der Waals surface area contributed by atoms with E-state index in [1.807, 2.05) is 0 Å². The first-order valence-corrected chi connectivity index (χ1v) is 8.60. The van der Waals surface area contributed by atoms with Gasteiger partial charge in [-0.05, 0) is 25.7 Å². The number of halogens is 2. The van der Waals surface area contributed by atoms with Crippen LogP contribution >= 0.6 is 0 Å². The predicted octanol–water partition coefficient (Wildman–Crippen LogP) is 1.87. The molecule has 134 valence electrons. The van der Waals surface area contributed by atoms with Gasteiger partial charge in [-0.2, -0.15) is 0 Å². The van der Waals surface area contributed by atoms with Crippen LogP contribution in [-0.4, -0.2) is 56.5 Å². The molecular weight excluding hydrogens is 318 g/mol. The smallest absolute Gasteiger partial charge is 0.276 e. The van der Waals surface area contributed by atoms with Crippen molar-refractivity contribution < 1.29 is 18.7 Å². The lowest BCUT2D eigenvalue weighted by Crippen LogP contribution is -2.50. The lowest BCUT2D eigenvalue weighted by Gasteiger charge is -2.37. The van der Waals surface area contributed by atoms with Gasteiger partial charge in [-0.3, -0.25) is 4.79 Å². The average Bonchev–Trinajstić information content (AvgIpc) is 3.18. The number of hydrogen-bond donors (Lipinski definition) is 1. The first kappa shape index (κ1) is 17.3. The fourth-order valence-electron chi connectivity index (χ4n) is 3.67. The van der Waals surface area contributed by atoms with Gasteiger partial charge >= 0.3 is 0 Å². The van der Waals surface area contributed by atoms with Gasteiger partial charge in [-0.1, -0.05) is 18.1 Å². The molecule has 1 saturated heterocycles. The summed E-state index contributed by atoms with van der Waals surface area (Å²) in [4.78, 5) is 14.0. The zero-order valence-corrected chi connectivity index (χ0v) is 13.9. The lowest BCUT2D eigenvalue weighted by atomic mass is 9.94. The Morgan fingerprint density at radius 1 is 1.38 bits per heavy atom. The maximum Gasteiger partial charge on any atom is 0.276 e. The molecule has 1 aromatic rings. The highest BCUT2D eigenvalue weighted by Crippen LogP contribution is 2.33. The molecule has 2 fully saturated rings. The molecule has 0 bridgehead atoms. The number of rotatable bonds is 4. The second-order valence-electron chi connectivity index (χ2n) is 7.00. The third-order valence-electron chi connectivity index (χ3n) is 5.35. The molecule has 1 unspecified atom stereocenters. The van der Waals surface area contributed by atoms with Crippen LogP contribution < -0.4 is 0 Å². The van der Waals surface area contributed by atoms with Crippen LogP contribution in [0.2, 0.25) is 0 Å². The third-order valence-corrected chi connectivity index (χ3v) is 5.35. The van der Waals surface area contributed by atoms with Crippen molar-refractivity contribution in [3.8, 4) is 0 Å². The highest BCUT2D eigenvalue weighted by Gasteiger charge is 2.45. The molecule has 3 rings (SSSR count). The molecule has 1 N–H and O–H groups in total. The van der Waals surface area contributed by atoms with Crippen LogP contribution in [0.25, 0.3) is 0 Å². The summed E-state index contributed by atoms with van der Waals surface area (Å²) in [5.74, 6) is -3.95. The maximum atomic E-state index is 13.7. The van der Waals surface area contributed by atoms with Gasteiger partial charge in [0.1, 0.15) is 0 Å². The van der Waals surface area contributed by atoms with Crippen molar-refractivity contribution in [2.24, 2.45) is 11.8 Å². The van der Waals surface area contributed by atoms with Gasteiger partial charge in [0.05, 0.1) is 18.2 Å². The van der Waals surface area contributed by atoms with E-state index in [1.165, 1.54) is 30.6 Å². The van der Waals surface area contributed by atoms with E-state index in [2.05, 4.69) is 10.3 Å². The quantitative estimate of drug-likeness (QED) is 0.907. The summed E-state index contributed by atoms with van der Waals surface area (Å²) in [6, 6.07) is 0. The van der Waals surface area contributed by atoms with Gasteiger partial charge < -0.3 is 10.0 Å². The minimum atomic E-state index is -2.93. The van der Waals surface area contributed by atoms with Crippen LogP contribution in [-0.2, 0) is 6.54 Å². The monoisotopic (exact) mass is 342 g/mol. The fraction of sp³-hybridized carbons (Fsp3) is 0.812. The summed E-state index contributed by atoms with van der Waals surface area (Å²) in [5, 5.41) is 17.2. The molecule has 1 saturated carbocycles. The molecular formula is C16H24F2N4O2. The molecule has 6 nitrogen and oxygen atoms in total. The molecule has 1 aliphatic heterocycles. The van der Waals surface area contributed by atoms with Crippen molar-refractivity contribution in [3.05, 3.63) is 11.4 Å². The average molecular weight is 342 g/mol. The summed E-state index contributed by atoms with van der Waals surface area (Å²) in [6.07, 6.45) is 4.37. The number of carbonyl (C=O) groups excluding carboxylic acids is 1. The Hall–Kier alpha value is -1.57. The number of alkyl halides is 2. The summed E-state index contributed by atoms with van der Waals surface area (Å²) in [7, 11) is 0. The van der Waals surface area contributed by atoms with Gasteiger partial charge in [0.2, 0.25) is 0 Å². The largest absolute Gasteiger partial charge is 0.396 e. The standard InChI is InChI=1S/C16H24F2N4O2/c1-11-14(19-20-22(11)8-12-4-2-3-5-12)15(24)21-7-6-16(17,18)13(9-21)10-23/h12-13,23H,2-10H2,1H3. The van der Waals surface area contributed by atoms with Gasteiger partial charge in [-0.25, -0.2) is 13.5 Å². The normalized spacial score (nSPS) is 24.5. The minimum absolute atomic E-state index is 0.0305. The third kappa shape index (κ3) is 3.29. The number of carbonyl (C=O) groups is 1. The second kappa shape index (κ2) is 6.74. The van der Waals surface area contributed by atoms with Crippen LogP contribution in [0.3, 0.4) is 0 Å². The van der Waals surface area contributed by atoms with Crippen molar-refractivity contribution in [2.75, 3.05) is 19.7 Å². The van der Waals surface area contributed by atoms with Crippen LogP contribution in [0.15, 0.2) is 0 Å². The molecule has 1 aromatic heterocycles. The van der Waals surface area contributed by atoms with E-state index in [0.29, 0.717) is 11.6 Å². The molecule has 0 aromatic carbocycles. The molecule has 2 aliphatic rings. The Labute approximate surface area is 139 Å². The van der Waals surface area contributed by atoms with Crippen molar-refractivity contribution in [1.29, 1.82) is 0 Å². The summed E-state index contributed by atoms with van der Waals surface area (Å²) in [6.45, 7) is 1.73. The summed E-state index contributed by atoms with van der Waals surface area (Å²) >= 11 is 0. The number of aliphatic hydroxyl groups excluding tert-OH is 1. The zero-order valence-electron chi connectivity index (χ0n) is 13.9. The topological polar surface area (TPSA) is 71.2 Å². The van der Waals surface area contributed by atoms with Crippen LogP contribution in [0.4, 0.5) is 8.78 Å². The number of likely N-dealkylation sites (tertiary alicyclic amines) is 1. The SMILES string of the molecule is Cc1c(C(=O)N2CCC(F)(F)C(CO)C2)nnn1CC1CCCC1. The van der Waals surface area contributed by atoms with E-state index >= 15 is 0 Å². The van der Waals surface area contributed by atoms with E-state index < -0.39 is 24.9 Å². The number of aliphatic hydroxyl groups is 1. The molecule has 2 heterocycles. The van der Waals surface area contributed by atoms with Crippen molar-refractivity contribution in [1.82, 2.24) is 19.9 Å². The predicted molar refractivity (Wildman–Crippen MR) is 82.8 cm³/mol. The number of amides is 1. The van der Waals surface area contributed by atoms with E-state index in [0.717, 1.165) is 6.54 Å². The Kier molecular flexibility index (Phi) is 4.85. The Bertz CT molecular complexity index is 599. The molecule has 24 heavy (non-hydrogen) atoms. The van der Waals surface area contributed by atoms with Gasteiger partial charge in [0, 0.05) is 26.1 Å². The molecule has 1 aliphatic carbocycles. The minimum Gasteiger partial charge on any atom is -0.396 e. The number of hydrogen-bond acceptors (Lipinski definition) is 4. The van der Waals surface area contributed by atoms with Gasteiger partial charge in [0.25, 0.3) is 11.8 Å². The molecule has 0 radical (unpaired) electrons.